The van der Waals surface area contributed by atoms with Crippen molar-refractivity contribution >= 4 is 44.1 Å². The number of allylic oxidation sites excluding steroid dienone is 3. The fourth-order valence-corrected chi connectivity index (χ4v) is 10.6. The van der Waals surface area contributed by atoms with Crippen LogP contribution in [0, 0.1) is 17.9 Å². The zero-order chi connectivity index (χ0) is 48.3. The zero-order valence-corrected chi connectivity index (χ0v) is 40.6. The number of fused-ring (bicyclic) bond motifs is 4. The van der Waals surface area contributed by atoms with Crippen LogP contribution in [0.2, 0.25) is 0 Å². The maximum atomic E-state index is 13.0. The number of benzene rings is 5. The van der Waals surface area contributed by atoms with Gasteiger partial charge in [-0.1, -0.05) is 128 Å². The van der Waals surface area contributed by atoms with Crippen molar-refractivity contribution in [2.24, 2.45) is 0 Å². The number of hydrogen-bond acceptors (Lipinski definition) is 7. The molecule has 0 unspecified atom stereocenters. The van der Waals surface area contributed by atoms with Crippen molar-refractivity contribution in [1.29, 1.82) is 5.26 Å². The molecular weight excluding hydrogens is 845 g/mol. The number of aromatic hydroxyl groups is 4. The molecule has 68 heavy (non-hydrogen) atoms. The molecule has 2 aliphatic carbocycles. The van der Waals surface area contributed by atoms with Crippen LogP contribution >= 0.6 is 0 Å². The molecular formula is C59H69N4O5+. The van der Waals surface area contributed by atoms with Crippen LogP contribution in [0.25, 0.3) is 37.5 Å². The second kappa shape index (κ2) is 22.9. The van der Waals surface area contributed by atoms with E-state index >= 15 is 0 Å². The van der Waals surface area contributed by atoms with Crippen LogP contribution < -0.4 is 4.90 Å². The zero-order valence-electron chi connectivity index (χ0n) is 40.6. The van der Waals surface area contributed by atoms with E-state index in [1.54, 1.807) is 48.5 Å². The van der Waals surface area contributed by atoms with Gasteiger partial charge in [0.1, 0.15) is 41.8 Å². The number of aliphatic hydroxyl groups is 1. The molecule has 0 atom stereocenters. The number of phenolic OH excluding ortho intramolecular Hbond substituents is 4. The fourth-order valence-electron chi connectivity index (χ4n) is 10.6. The summed E-state index contributed by atoms with van der Waals surface area (Å²) in [7, 11) is 0. The fraction of sp³-hybridized carbons (Fsp3) is 0.407. The molecule has 0 aliphatic heterocycles. The summed E-state index contributed by atoms with van der Waals surface area (Å²) >= 11 is 0. The van der Waals surface area contributed by atoms with Crippen molar-refractivity contribution in [2.45, 2.75) is 130 Å². The molecule has 5 aromatic carbocycles. The number of aliphatic hydroxyl groups excluding tert-OH is 1. The van der Waals surface area contributed by atoms with Crippen LogP contribution in [0.3, 0.4) is 0 Å². The van der Waals surface area contributed by atoms with Crippen LogP contribution in [-0.2, 0) is 0 Å². The van der Waals surface area contributed by atoms with Crippen molar-refractivity contribution in [3.63, 3.8) is 0 Å². The first-order valence-electron chi connectivity index (χ1n) is 25.3. The summed E-state index contributed by atoms with van der Waals surface area (Å²) in [5.41, 5.74) is 4.55. The molecule has 0 bridgehead atoms. The van der Waals surface area contributed by atoms with Crippen molar-refractivity contribution in [1.82, 2.24) is 0 Å². The molecule has 5 N–H and O–H groups in total. The molecule has 9 nitrogen and oxygen atoms in total. The molecule has 0 heterocycles. The average molecular weight is 914 g/mol. The van der Waals surface area contributed by atoms with E-state index in [1.165, 1.54) is 0 Å². The van der Waals surface area contributed by atoms with Crippen LogP contribution in [0.5, 0.6) is 23.0 Å². The smallest absolute Gasteiger partial charge is 0.270 e. The molecule has 0 radical (unpaired) electrons. The molecule has 354 valence electrons. The van der Waals surface area contributed by atoms with E-state index in [2.05, 4.69) is 48.1 Å². The maximum Gasteiger partial charge on any atom is 0.270 e. The number of unbranched alkanes of at least 4 members (excludes halogenated alkanes) is 12. The first-order chi connectivity index (χ1) is 33.2. The minimum Gasteiger partial charge on any atom is -0.507 e. The predicted octanol–water partition coefficient (Wildman–Crippen LogP) is 14.6. The van der Waals surface area contributed by atoms with E-state index in [9.17, 15) is 30.8 Å². The summed E-state index contributed by atoms with van der Waals surface area (Å²) in [6, 6.07) is 23.5. The molecule has 0 amide bonds. The number of hydrogen-bond donors (Lipinski definition) is 5. The lowest BCUT2D eigenvalue weighted by atomic mass is 9.68. The van der Waals surface area contributed by atoms with Gasteiger partial charge in [-0.15, -0.1) is 0 Å². The molecule has 5 aromatic rings. The Morgan fingerprint density at radius 3 is 1.43 bits per heavy atom. The summed E-state index contributed by atoms with van der Waals surface area (Å²) in [6.07, 6.45) is 17.0. The van der Waals surface area contributed by atoms with Crippen LogP contribution in [0.1, 0.15) is 158 Å². The van der Waals surface area contributed by atoms with Crippen LogP contribution in [0.4, 0.5) is 5.69 Å². The van der Waals surface area contributed by atoms with Crippen molar-refractivity contribution in [3.8, 4) is 29.1 Å². The molecule has 2 aliphatic rings. The van der Waals surface area contributed by atoms with Gasteiger partial charge in [0.25, 0.3) is 5.70 Å². The third-order valence-electron chi connectivity index (χ3n) is 13.9. The van der Waals surface area contributed by atoms with Crippen molar-refractivity contribution < 1.29 is 30.1 Å². The lowest BCUT2D eigenvalue weighted by Gasteiger charge is -2.35. The standard InChI is InChI=1S/C59H68N4O5/c1-6-10-14-18-34-62(35-19-15-11-7-2)57-39-26-22-30-44(64)48(39)53(49-40(57)27-23-31-45(49)65)55-52(43(38-60)61-5)56(59(55)68)54-50-41(28-24-32-46(50)66)58(42-29-25-33-47(67)51(42)54)63(36-20-16-12-8-3)37-21-17-13-9-4/h22-33H,6-21,34-37H2,1-4H3,(H4-,64,65,66,67,68)/p+1. The summed E-state index contributed by atoms with van der Waals surface area (Å²) in [4.78, 5) is 6.13. The highest BCUT2D eigenvalue weighted by atomic mass is 16.3. The van der Waals surface area contributed by atoms with E-state index < -0.39 is 0 Å². The highest BCUT2D eigenvalue weighted by molar-refractivity contribution is 6.27. The summed E-state index contributed by atoms with van der Waals surface area (Å²) in [5, 5.41) is 74.3. The monoisotopic (exact) mass is 914 g/mol. The van der Waals surface area contributed by atoms with Gasteiger partial charge in [-0.2, -0.15) is 0 Å². The van der Waals surface area contributed by atoms with E-state index in [0.29, 0.717) is 54.9 Å². The highest BCUT2D eigenvalue weighted by Crippen LogP contribution is 2.59. The number of nitrogens with zero attached hydrogens (tertiary/aromatic N) is 4. The van der Waals surface area contributed by atoms with E-state index in [-0.39, 0.29) is 51.2 Å². The largest absolute Gasteiger partial charge is 0.507 e. The molecule has 0 fully saturated rings. The normalized spacial score (nSPS) is 13.9. The van der Waals surface area contributed by atoms with Gasteiger partial charge in [-0.3, -0.25) is 0 Å². The first kappa shape index (κ1) is 49.2. The van der Waals surface area contributed by atoms with Crippen LogP contribution in [-0.4, -0.2) is 62.0 Å². The van der Waals surface area contributed by atoms with Gasteiger partial charge in [0.05, 0.1) is 29.5 Å². The quantitative estimate of drug-likeness (QED) is 0.0150. The third kappa shape index (κ3) is 9.54. The summed E-state index contributed by atoms with van der Waals surface area (Å²) in [6.45, 7) is 20.3. The Hall–Kier alpha value is -6.71. The van der Waals surface area contributed by atoms with Gasteiger partial charge in [0.15, 0.2) is 0 Å². The van der Waals surface area contributed by atoms with Crippen molar-refractivity contribution in [3.05, 3.63) is 135 Å². The minimum atomic E-state index is -0.317. The van der Waals surface area contributed by atoms with Gasteiger partial charge >= 0.3 is 0 Å². The SMILES string of the molecule is [C-]#[N+]C(C#N)=C1C(=C2c3c(O)cccc3C(=[N+](CCCCCC)CCCCCC)c3cccc(O)c32)C(O)=C1c1c2c(O)cccc2c(N(CCCCCC)CCCCCC)c2cccc(O)c12. The number of nitriles is 1. The Labute approximate surface area is 403 Å². The topological polar surface area (TPSA) is 136 Å². The summed E-state index contributed by atoms with van der Waals surface area (Å²) in [5.74, 6) is -0.605. The van der Waals surface area contributed by atoms with E-state index in [4.69, 9.17) is 6.57 Å². The Kier molecular flexibility index (Phi) is 16.5. The van der Waals surface area contributed by atoms with E-state index in [0.717, 1.165) is 140 Å². The average Bonchev–Trinajstić information content (AvgIpc) is 3.33. The Morgan fingerprint density at radius 2 is 0.985 bits per heavy atom. The van der Waals surface area contributed by atoms with E-state index in [1.807, 2.05) is 24.3 Å². The molecule has 7 rings (SSSR count). The third-order valence-corrected chi connectivity index (χ3v) is 13.9. The number of phenols is 4. The first-order valence-corrected chi connectivity index (χ1v) is 25.3. The van der Waals surface area contributed by atoms with Gasteiger partial charge in [-0.25, -0.2) is 14.7 Å². The minimum absolute atomic E-state index is 0.0799. The van der Waals surface area contributed by atoms with Gasteiger partial charge in [0.2, 0.25) is 5.71 Å². The molecule has 0 saturated carbocycles. The highest BCUT2D eigenvalue weighted by Gasteiger charge is 2.44. The van der Waals surface area contributed by atoms with Gasteiger partial charge < -0.3 is 30.4 Å². The molecule has 0 aromatic heterocycles. The van der Waals surface area contributed by atoms with Gasteiger partial charge in [0, 0.05) is 86.5 Å². The number of rotatable bonds is 22. The van der Waals surface area contributed by atoms with Gasteiger partial charge in [-0.05, 0) is 62.1 Å². The maximum absolute atomic E-state index is 13.0. The molecule has 0 spiro atoms. The number of anilines is 1. The Balaban J connectivity index is 1.57. The summed E-state index contributed by atoms with van der Waals surface area (Å²) < 4.78 is 2.38. The second-order valence-electron chi connectivity index (χ2n) is 18.5. The Bertz CT molecular complexity index is 2730. The molecule has 9 heteroatoms. The predicted molar refractivity (Wildman–Crippen MR) is 278 cm³/mol. The lowest BCUT2D eigenvalue weighted by Crippen LogP contribution is -2.30. The van der Waals surface area contributed by atoms with Crippen molar-refractivity contribution in [2.75, 3.05) is 31.1 Å². The molecule has 0 saturated heterocycles. The lowest BCUT2D eigenvalue weighted by molar-refractivity contribution is -0.528. The Morgan fingerprint density at radius 1 is 0.544 bits per heavy atom. The van der Waals surface area contributed by atoms with Crippen LogP contribution in [0.15, 0.2) is 95.4 Å². The second-order valence-corrected chi connectivity index (χ2v) is 18.5.